The topological polar surface area (TPSA) is 87.1 Å². The Hall–Kier alpha value is -2.41. The molecule has 31 heavy (non-hydrogen) atoms. The van der Waals surface area contributed by atoms with Crippen molar-refractivity contribution in [2.24, 2.45) is 0 Å². The molecular weight excluding hydrogens is 403 g/mol. The van der Waals surface area contributed by atoms with Crippen molar-refractivity contribution in [3.63, 3.8) is 0 Å². The first-order valence-electron chi connectivity index (χ1n) is 10.6. The van der Waals surface area contributed by atoms with Gasteiger partial charge in [-0.3, -0.25) is 9.80 Å². The third kappa shape index (κ3) is 7.35. The van der Waals surface area contributed by atoms with Crippen LogP contribution < -0.4 is 10.1 Å². The van der Waals surface area contributed by atoms with Crippen molar-refractivity contribution >= 4 is 6.09 Å². The van der Waals surface area contributed by atoms with Crippen LogP contribution in [0.25, 0.3) is 0 Å². The number of nitriles is 1. The molecule has 2 atom stereocenters. The van der Waals surface area contributed by atoms with Crippen molar-refractivity contribution in [2.75, 3.05) is 52.4 Å². The molecule has 2 heterocycles. The average Bonchev–Trinajstić information content (AvgIpc) is 2.67. The predicted molar refractivity (Wildman–Crippen MR) is 112 cm³/mol. The third-order valence-electron chi connectivity index (χ3n) is 5.05. The van der Waals surface area contributed by atoms with Crippen LogP contribution in [0, 0.1) is 17.1 Å². The third-order valence-corrected chi connectivity index (χ3v) is 5.05. The number of halogens is 1. The van der Waals surface area contributed by atoms with Crippen molar-refractivity contribution in [1.82, 2.24) is 15.1 Å². The van der Waals surface area contributed by atoms with Crippen LogP contribution in [0.15, 0.2) is 18.2 Å². The second kappa shape index (κ2) is 10.3. The van der Waals surface area contributed by atoms with E-state index in [1.54, 1.807) is 6.07 Å². The van der Waals surface area contributed by atoms with Crippen molar-refractivity contribution in [1.29, 1.82) is 5.26 Å². The van der Waals surface area contributed by atoms with Gasteiger partial charge < -0.3 is 19.5 Å². The highest BCUT2D eigenvalue weighted by Crippen LogP contribution is 2.20. The zero-order chi connectivity index (χ0) is 22.4. The van der Waals surface area contributed by atoms with Gasteiger partial charge in [0, 0.05) is 45.8 Å². The highest BCUT2D eigenvalue weighted by Gasteiger charge is 2.34. The number of carbonyl (C=O) groups is 1. The van der Waals surface area contributed by atoms with E-state index in [1.165, 1.54) is 12.1 Å². The first-order valence-corrected chi connectivity index (χ1v) is 10.6. The minimum atomic E-state index is -0.520. The summed E-state index contributed by atoms with van der Waals surface area (Å²) in [4.78, 5) is 16.3. The summed E-state index contributed by atoms with van der Waals surface area (Å²) in [6.45, 7) is 11.0. The standard InChI is InChI=1S/C22H31FN4O4/c1-22(2,3)31-21(28)25-6-7-26-12-17-14-27(15-18(13-26)30-17)8-9-29-20-5-4-16(11-24)10-19(20)23/h4-5,10,17-18H,6-9,12-15H2,1-3H3,(H,25,28)/t17-,18+. The Balaban J connectivity index is 1.37. The number of hydrogen-bond donors (Lipinski definition) is 1. The molecule has 1 aromatic rings. The zero-order valence-electron chi connectivity index (χ0n) is 18.4. The van der Waals surface area contributed by atoms with E-state index in [2.05, 4.69) is 15.1 Å². The molecule has 3 rings (SSSR count). The lowest BCUT2D eigenvalue weighted by molar-refractivity contribution is -0.139. The summed E-state index contributed by atoms with van der Waals surface area (Å²) in [5.74, 6) is -0.357. The van der Waals surface area contributed by atoms with Gasteiger partial charge in [-0.05, 0) is 39.0 Å². The Bertz CT molecular complexity index is 794. The Morgan fingerprint density at radius 1 is 1.23 bits per heavy atom. The van der Waals surface area contributed by atoms with Crippen LogP contribution in [-0.4, -0.2) is 86.1 Å². The van der Waals surface area contributed by atoms with Crippen molar-refractivity contribution in [3.8, 4) is 11.8 Å². The number of benzene rings is 1. The van der Waals surface area contributed by atoms with Gasteiger partial charge in [0.25, 0.3) is 0 Å². The fraction of sp³-hybridized carbons (Fsp3) is 0.636. The van der Waals surface area contributed by atoms with Gasteiger partial charge in [-0.15, -0.1) is 0 Å². The molecular formula is C22H31FN4O4. The van der Waals surface area contributed by atoms with Crippen LogP contribution in [0.5, 0.6) is 5.75 Å². The van der Waals surface area contributed by atoms with Gasteiger partial charge in [-0.2, -0.15) is 5.26 Å². The van der Waals surface area contributed by atoms with Gasteiger partial charge in [0.1, 0.15) is 12.2 Å². The van der Waals surface area contributed by atoms with Gasteiger partial charge in [0.15, 0.2) is 11.6 Å². The molecule has 8 nitrogen and oxygen atoms in total. The molecule has 0 spiro atoms. The molecule has 9 heteroatoms. The number of fused-ring (bicyclic) bond motifs is 2. The molecule has 0 aliphatic carbocycles. The van der Waals surface area contributed by atoms with Gasteiger partial charge in [-0.25, -0.2) is 9.18 Å². The monoisotopic (exact) mass is 434 g/mol. The first kappa shape index (κ1) is 23.3. The molecule has 170 valence electrons. The average molecular weight is 435 g/mol. The molecule has 2 bridgehead atoms. The molecule has 1 amide bonds. The van der Waals surface area contributed by atoms with Crippen molar-refractivity contribution < 1.29 is 23.4 Å². The quantitative estimate of drug-likeness (QED) is 0.702. The molecule has 2 aliphatic heterocycles. The van der Waals surface area contributed by atoms with E-state index in [0.29, 0.717) is 19.7 Å². The molecule has 1 aromatic carbocycles. The highest BCUT2D eigenvalue weighted by atomic mass is 19.1. The van der Waals surface area contributed by atoms with Gasteiger partial charge in [0.05, 0.1) is 23.8 Å². The summed E-state index contributed by atoms with van der Waals surface area (Å²) < 4.78 is 30.8. The Morgan fingerprint density at radius 3 is 2.45 bits per heavy atom. The number of morpholine rings is 2. The minimum Gasteiger partial charge on any atom is -0.489 e. The Labute approximate surface area is 182 Å². The SMILES string of the molecule is CC(C)(C)OC(=O)NCCN1C[C@@H]2CN(CCOc3ccc(C#N)cc3F)C[C@H](C1)O2. The Morgan fingerprint density at radius 2 is 1.87 bits per heavy atom. The maximum atomic E-state index is 13.9. The maximum absolute atomic E-state index is 13.9. The summed E-state index contributed by atoms with van der Waals surface area (Å²) in [7, 11) is 0. The lowest BCUT2D eigenvalue weighted by Gasteiger charge is -2.45. The van der Waals surface area contributed by atoms with Crippen LogP contribution in [0.3, 0.4) is 0 Å². The van der Waals surface area contributed by atoms with Crippen LogP contribution in [-0.2, 0) is 9.47 Å². The van der Waals surface area contributed by atoms with Gasteiger partial charge in [-0.1, -0.05) is 0 Å². The maximum Gasteiger partial charge on any atom is 0.407 e. The summed E-state index contributed by atoms with van der Waals surface area (Å²) in [6.07, 6.45) is -0.202. The number of hydrogen-bond acceptors (Lipinski definition) is 7. The van der Waals surface area contributed by atoms with Crippen molar-refractivity contribution in [3.05, 3.63) is 29.6 Å². The highest BCUT2D eigenvalue weighted by molar-refractivity contribution is 5.67. The van der Waals surface area contributed by atoms with Crippen LogP contribution in [0.4, 0.5) is 9.18 Å². The number of rotatable bonds is 7. The van der Waals surface area contributed by atoms with E-state index >= 15 is 0 Å². The summed E-state index contributed by atoms with van der Waals surface area (Å²) in [5.41, 5.74) is -0.226. The number of ether oxygens (including phenoxy) is 3. The fourth-order valence-electron chi connectivity index (χ4n) is 3.83. The smallest absolute Gasteiger partial charge is 0.407 e. The van der Waals surface area contributed by atoms with E-state index in [4.69, 9.17) is 19.5 Å². The molecule has 0 saturated carbocycles. The summed E-state index contributed by atoms with van der Waals surface area (Å²) in [6, 6.07) is 6.13. The van der Waals surface area contributed by atoms with Crippen LogP contribution in [0.1, 0.15) is 26.3 Å². The fourth-order valence-corrected chi connectivity index (χ4v) is 3.83. The molecule has 0 aromatic heterocycles. The first-order chi connectivity index (χ1) is 14.7. The summed E-state index contributed by atoms with van der Waals surface area (Å²) >= 11 is 0. The second-order valence-electron chi connectivity index (χ2n) is 8.93. The number of nitrogens with one attached hydrogen (secondary N) is 1. The predicted octanol–water partition coefficient (Wildman–Crippen LogP) is 1.99. The van der Waals surface area contributed by atoms with Gasteiger partial charge in [0.2, 0.25) is 0 Å². The van der Waals surface area contributed by atoms with Crippen molar-refractivity contribution in [2.45, 2.75) is 38.6 Å². The second-order valence-corrected chi connectivity index (χ2v) is 8.93. The Kier molecular flexibility index (Phi) is 7.70. The van der Waals surface area contributed by atoms with E-state index in [9.17, 15) is 9.18 Å². The van der Waals surface area contributed by atoms with Crippen LogP contribution in [0.2, 0.25) is 0 Å². The molecule has 1 N–H and O–H groups in total. The molecule has 2 fully saturated rings. The molecule has 2 aliphatic rings. The van der Waals surface area contributed by atoms with E-state index < -0.39 is 17.5 Å². The lowest BCUT2D eigenvalue weighted by Crippen LogP contribution is -2.60. The van der Waals surface area contributed by atoms with Crippen LogP contribution >= 0.6 is 0 Å². The number of nitrogens with zero attached hydrogens (tertiary/aromatic N) is 3. The molecule has 0 radical (unpaired) electrons. The van der Waals surface area contributed by atoms with E-state index in [1.807, 2.05) is 26.8 Å². The lowest BCUT2D eigenvalue weighted by atomic mass is 10.1. The number of alkyl carbamates (subject to hydrolysis) is 1. The molecule has 0 unspecified atom stereocenters. The van der Waals surface area contributed by atoms with Gasteiger partial charge >= 0.3 is 6.09 Å². The normalized spacial score (nSPS) is 21.9. The molecule has 2 saturated heterocycles. The van der Waals surface area contributed by atoms with E-state index in [0.717, 1.165) is 32.7 Å². The number of carbonyl (C=O) groups excluding carboxylic acids is 1. The minimum absolute atomic E-state index is 0.0978. The summed E-state index contributed by atoms with van der Waals surface area (Å²) in [5, 5.41) is 11.6. The largest absolute Gasteiger partial charge is 0.489 e. The number of amides is 1. The van der Waals surface area contributed by atoms with E-state index in [-0.39, 0.29) is 23.5 Å². The zero-order valence-corrected chi connectivity index (χ0v) is 18.4.